The van der Waals surface area contributed by atoms with E-state index in [1.807, 2.05) is 6.92 Å². The molecule has 0 saturated heterocycles. The lowest BCUT2D eigenvalue weighted by molar-refractivity contribution is 0.945. The molecule has 0 unspecified atom stereocenters. The van der Waals surface area contributed by atoms with Crippen molar-refractivity contribution in [2.75, 3.05) is 0 Å². The Morgan fingerprint density at radius 3 is 1.71 bits per heavy atom. The summed E-state index contributed by atoms with van der Waals surface area (Å²) in [7, 11) is 0. The Bertz CT molecular complexity index is 60.4. The van der Waals surface area contributed by atoms with Gasteiger partial charge in [0.1, 0.15) is 0 Å². The van der Waals surface area contributed by atoms with E-state index in [9.17, 15) is 0 Å². The molecule has 1 radical (unpaired) electrons. The third-order valence-corrected chi connectivity index (χ3v) is 0.655. The third-order valence-electron chi connectivity index (χ3n) is 0.655. The zero-order valence-electron chi connectivity index (χ0n) is 5.41. The highest BCUT2D eigenvalue weighted by Gasteiger charge is 1.90. The zero-order valence-corrected chi connectivity index (χ0v) is 5.41. The molecule has 0 spiro atoms. The fraction of sp³-hybridized carbons (Fsp3) is 0.571. The second kappa shape index (κ2) is 2.84. The average Bonchev–Trinajstić information content (AvgIpc) is 1.27. The number of hydrogen-bond donors (Lipinski definition) is 0. The highest BCUT2D eigenvalue weighted by molar-refractivity contribution is 4.98. The quantitative estimate of drug-likeness (QED) is 0.464. The van der Waals surface area contributed by atoms with Gasteiger partial charge in [0.25, 0.3) is 0 Å². The highest BCUT2D eigenvalue weighted by atomic mass is 14.0. The van der Waals surface area contributed by atoms with Crippen molar-refractivity contribution in [3.05, 3.63) is 18.1 Å². The molecule has 0 heteroatoms. The Kier molecular flexibility index (Phi) is 2.73. The first-order valence-corrected chi connectivity index (χ1v) is 2.56. The van der Waals surface area contributed by atoms with Crippen LogP contribution in [0.1, 0.15) is 27.2 Å². The fourth-order valence-electron chi connectivity index (χ4n) is 0.604. The second-order valence-electron chi connectivity index (χ2n) is 2.34. The van der Waals surface area contributed by atoms with Gasteiger partial charge in [0, 0.05) is 0 Å². The first-order valence-electron chi connectivity index (χ1n) is 2.56. The van der Waals surface area contributed by atoms with Gasteiger partial charge in [0.15, 0.2) is 0 Å². The molecule has 0 aromatic heterocycles. The summed E-state index contributed by atoms with van der Waals surface area (Å²) in [6, 6.07) is 0. The normalized spacial score (nSPS) is 9.71. The molecule has 0 rings (SSSR count). The van der Waals surface area contributed by atoms with Crippen LogP contribution in [0.5, 0.6) is 0 Å². The van der Waals surface area contributed by atoms with E-state index in [4.69, 9.17) is 0 Å². The molecule has 0 atom stereocenters. The lowest BCUT2D eigenvalue weighted by Crippen LogP contribution is -1.82. The van der Waals surface area contributed by atoms with Gasteiger partial charge >= 0.3 is 0 Å². The summed E-state index contributed by atoms with van der Waals surface area (Å²) in [6.45, 7) is 10.1. The smallest absolute Gasteiger partial charge is 0.0263 e. The minimum absolute atomic E-state index is 1.08. The maximum absolute atomic E-state index is 3.77. The molecule has 0 nitrogen and oxygen atoms in total. The van der Waals surface area contributed by atoms with E-state index in [0.29, 0.717) is 0 Å². The Morgan fingerprint density at radius 1 is 1.29 bits per heavy atom. The first kappa shape index (κ1) is 6.74. The van der Waals surface area contributed by atoms with E-state index in [2.05, 4.69) is 20.4 Å². The molecule has 0 fully saturated rings. The summed E-state index contributed by atoms with van der Waals surface area (Å²) >= 11 is 0. The molecule has 0 aromatic rings. The van der Waals surface area contributed by atoms with E-state index in [1.165, 1.54) is 11.5 Å². The molecular formula is C7H13. The fourth-order valence-corrected chi connectivity index (χ4v) is 0.604. The molecule has 0 heterocycles. The SMILES string of the molecule is C=C(C)C[C](C)C. The summed E-state index contributed by atoms with van der Waals surface area (Å²) in [6.07, 6.45) is 1.08. The van der Waals surface area contributed by atoms with Crippen LogP contribution in [0, 0.1) is 5.92 Å². The van der Waals surface area contributed by atoms with Crippen LogP contribution in [-0.2, 0) is 0 Å². The Labute approximate surface area is 46.2 Å². The second-order valence-corrected chi connectivity index (χ2v) is 2.34. The van der Waals surface area contributed by atoms with Crippen molar-refractivity contribution in [1.29, 1.82) is 0 Å². The number of allylic oxidation sites excluding steroid dienone is 1. The van der Waals surface area contributed by atoms with Gasteiger partial charge in [-0.05, 0) is 19.3 Å². The van der Waals surface area contributed by atoms with E-state index in [0.717, 1.165) is 6.42 Å². The molecule has 0 aliphatic heterocycles. The molecule has 0 amide bonds. The average molecular weight is 97.2 g/mol. The van der Waals surface area contributed by atoms with Gasteiger partial charge in [0.05, 0.1) is 0 Å². The molecule has 41 valence electrons. The van der Waals surface area contributed by atoms with Crippen molar-refractivity contribution in [2.45, 2.75) is 27.2 Å². The van der Waals surface area contributed by atoms with Crippen molar-refractivity contribution in [1.82, 2.24) is 0 Å². The van der Waals surface area contributed by atoms with Gasteiger partial charge in [-0.2, -0.15) is 0 Å². The highest BCUT2D eigenvalue weighted by Crippen LogP contribution is 2.08. The van der Waals surface area contributed by atoms with Gasteiger partial charge in [-0.1, -0.05) is 19.4 Å². The molecule has 7 heavy (non-hydrogen) atoms. The topological polar surface area (TPSA) is 0 Å². The first-order chi connectivity index (χ1) is 3.13. The van der Waals surface area contributed by atoms with Crippen molar-refractivity contribution in [3.63, 3.8) is 0 Å². The van der Waals surface area contributed by atoms with Crippen molar-refractivity contribution in [2.24, 2.45) is 0 Å². The maximum atomic E-state index is 3.77. The van der Waals surface area contributed by atoms with E-state index in [-0.39, 0.29) is 0 Å². The third kappa shape index (κ3) is 5.74. The molecule has 0 saturated carbocycles. The van der Waals surface area contributed by atoms with Gasteiger partial charge in [-0.3, -0.25) is 0 Å². The number of rotatable bonds is 2. The predicted molar refractivity (Wildman–Crippen MR) is 34.0 cm³/mol. The summed E-state index contributed by atoms with van der Waals surface area (Å²) in [5, 5.41) is 0. The summed E-state index contributed by atoms with van der Waals surface area (Å²) in [4.78, 5) is 0. The zero-order chi connectivity index (χ0) is 5.86. The Hall–Kier alpha value is -0.260. The molecule has 0 N–H and O–H groups in total. The predicted octanol–water partition coefficient (Wildman–Crippen LogP) is 2.57. The molecule has 0 bridgehead atoms. The minimum atomic E-state index is 1.08. The Morgan fingerprint density at radius 2 is 1.71 bits per heavy atom. The van der Waals surface area contributed by atoms with E-state index < -0.39 is 0 Å². The van der Waals surface area contributed by atoms with Crippen LogP contribution >= 0.6 is 0 Å². The summed E-state index contributed by atoms with van der Waals surface area (Å²) in [5.74, 6) is 1.44. The standard InChI is InChI=1S/C7H13/c1-6(2)5-7(3)4/h1,5H2,2-4H3. The number of hydrogen-bond acceptors (Lipinski definition) is 0. The van der Waals surface area contributed by atoms with Crippen LogP contribution in [0.3, 0.4) is 0 Å². The van der Waals surface area contributed by atoms with Gasteiger partial charge in [-0.25, -0.2) is 0 Å². The molecule has 0 aromatic carbocycles. The van der Waals surface area contributed by atoms with Crippen molar-refractivity contribution < 1.29 is 0 Å². The lowest BCUT2D eigenvalue weighted by Gasteiger charge is -1.99. The van der Waals surface area contributed by atoms with E-state index in [1.54, 1.807) is 0 Å². The van der Waals surface area contributed by atoms with Crippen LogP contribution in [0.4, 0.5) is 0 Å². The van der Waals surface area contributed by atoms with Crippen LogP contribution < -0.4 is 0 Å². The summed E-state index contributed by atoms with van der Waals surface area (Å²) < 4.78 is 0. The van der Waals surface area contributed by atoms with Crippen molar-refractivity contribution >= 4 is 0 Å². The summed E-state index contributed by atoms with van der Waals surface area (Å²) in [5.41, 5.74) is 1.25. The van der Waals surface area contributed by atoms with Gasteiger partial charge < -0.3 is 0 Å². The maximum Gasteiger partial charge on any atom is -0.0263 e. The largest absolute Gasteiger partial charge is 0.100 e. The van der Waals surface area contributed by atoms with Crippen LogP contribution in [0.2, 0.25) is 0 Å². The molecule has 0 aliphatic rings. The molecular weight excluding hydrogens is 84.1 g/mol. The van der Waals surface area contributed by atoms with Crippen LogP contribution in [-0.4, -0.2) is 0 Å². The monoisotopic (exact) mass is 97.1 g/mol. The van der Waals surface area contributed by atoms with E-state index >= 15 is 0 Å². The van der Waals surface area contributed by atoms with Crippen LogP contribution in [0.25, 0.3) is 0 Å². The van der Waals surface area contributed by atoms with Gasteiger partial charge in [-0.15, -0.1) is 6.58 Å². The minimum Gasteiger partial charge on any atom is -0.100 e. The van der Waals surface area contributed by atoms with Crippen LogP contribution in [0.15, 0.2) is 12.2 Å². The van der Waals surface area contributed by atoms with Gasteiger partial charge in [0.2, 0.25) is 0 Å². The molecule has 0 aliphatic carbocycles. The Balaban J connectivity index is 3.13. The lowest BCUT2D eigenvalue weighted by atomic mass is 10.1. The van der Waals surface area contributed by atoms with Crippen molar-refractivity contribution in [3.8, 4) is 0 Å².